The van der Waals surface area contributed by atoms with Crippen LogP contribution in [-0.4, -0.2) is 14.3 Å². The Balaban J connectivity index is 2.41. The van der Waals surface area contributed by atoms with E-state index in [1.807, 2.05) is 0 Å². The van der Waals surface area contributed by atoms with E-state index in [1.165, 1.54) is 24.3 Å². The van der Waals surface area contributed by atoms with E-state index in [-0.39, 0.29) is 15.5 Å². The largest absolute Gasteiger partial charge is 0.366 e. The second-order valence-electron chi connectivity index (χ2n) is 4.12. The Kier molecular flexibility index (Phi) is 4.41. The molecule has 2 rings (SSSR count). The molecule has 0 aliphatic rings. The zero-order chi connectivity index (χ0) is 15.6. The number of carbonyl (C=O) groups excluding carboxylic acids is 1. The molecular formula is C13H10Cl2N2O3S. The number of nitrogens with two attached hydrogens (primary N) is 1. The fourth-order valence-electron chi connectivity index (χ4n) is 1.59. The molecule has 0 radical (unpaired) electrons. The van der Waals surface area contributed by atoms with Crippen LogP contribution in [0.2, 0.25) is 10.0 Å². The molecule has 0 spiro atoms. The Bertz CT molecular complexity index is 790. The number of rotatable bonds is 4. The van der Waals surface area contributed by atoms with Gasteiger partial charge in [-0.3, -0.25) is 9.52 Å². The number of primary amides is 1. The summed E-state index contributed by atoms with van der Waals surface area (Å²) in [6.45, 7) is 0. The van der Waals surface area contributed by atoms with Gasteiger partial charge in [0.05, 0.1) is 5.02 Å². The number of anilines is 1. The number of sulfonamides is 1. The lowest BCUT2D eigenvalue weighted by molar-refractivity contribution is 0.1000. The molecule has 0 aromatic heterocycles. The second kappa shape index (κ2) is 5.93. The number of nitrogens with one attached hydrogen (secondary N) is 1. The maximum Gasteiger partial charge on any atom is 0.263 e. The van der Waals surface area contributed by atoms with Gasteiger partial charge in [-0.05, 0) is 42.5 Å². The highest BCUT2D eigenvalue weighted by Crippen LogP contribution is 2.25. The number of amides is 1. The lowest BCUT2D eigenvalue weighted by Gasteiger charge is -2.10. The summed E-state index contributed by atoms with van der Waals surface area (Å²) in [6, 6.07) is 9.88. The molecule has 0 heterocycles. The molecule has 0 saturated carbocycles. The van der Waals surface area contributed by atoms with Gasteiger partial charge in [-0.2, -0.15) is 0 Å². The van der Waals surface area contributed by atoms with Crippen molar-refractivity contribution in [3.8, 4) is 0 Å². The van der Waals surface area contributed by atoms with Crippen molar-refractivity contribution >= 4 is 44.8 Å². The molecule has 3 N–H and O–H groups in total. The van der Waals surface area contributed by atoms with Crippen molar-refractivity contribution in [2.24, 2.45) is 5.73 Å². The van der Waals surface area contributed by atoms with Gasteiger partial charge in [0.1, 0.15) is 4.90 Å². The Labute approximate surface area is 131 Å². The van der Waals surface area contributed by atoms with Crippen LogP contribution in [0.1, 0.15) is 10.4 Å². The van der Waals surface area contributed by atoms with Gasteiger partial charge >= 0.3 is 0 Å². The minimum atomic E-state index is -3.95. The Morgan fingerprint density at radius 2 is 1.67 bits per heavy atom. The highest BCUT2D eigenvalue weighted by molar-refractivity contribution is 7.92. The normalized spacial score (nSPS) is 11.1. The van der Waals surface area contributed by atoms with E-state index >= 15 is 0 Å². The quantitative estimate of drug-likeness (QED) is 0.893. The van der Waals surface area contributed by atoms with Crippen molar-refractivity contribution in [2.75, 3.05) is 4.72 Å². The van der Waals surface area contributed by atoms with Crippen LogP contribution in [0.15, 0.2) is 47.4 Å². The maximum absolute atomic E-state index is 12.3. The predicted molar refractivity (Wildman–Crippen MR) is 82.2 cm³/mol. The van der Waals surface area contributed by atoms with Gasteiger partial charge in [0.2, 0.25) is 5.91 Å². The lowest BCUT2D eigenvalue weighted by Crippen LogP contribution is -2.16. The SMILES string of the molecule is NC(=O)c1ccc(Cl)c(S(=O)(=O)Nc2ccc(Cl)cc2)c1. The minimum absolute atomic E-state index is 0.0125. The number of halogens is 2. The van der Waals surface area contributed by atoms with Crippen molar-refractivity contribution in [1.82, 2.24) is 0 Å². The molecule has 2 aromatic carbocycles. The summed E-state index contributed by atoms with van der Waals surface area (Å²) in [4.78, 5) is 10.9. The van der Waals surface area contributed by atoms with E-state index in [0.717, 1.165) is 6.07 Å². The van der Waals surface area contributed by atoms with E-state index in [4.69, 9.17) is 28.9 Å². The third-order valence-corrected chi connectivity index (χ3v) is 4.72. The Hall–Kier alpha value is -1.76. The molecule has 0 fully saturated rings. The van der Waals surface area contributed by atoms with Gasteiger partial charge in [0, 0.05) is 16.3 Å². The third-order valence-electron chi connectivity index (χ3n) is 2.60. The second-order valence-corrected chi connectivity index (χ2v) is 6.62. The first-order valence-electron chi connectivity index (χ1n) is 5.67. The maximum atomic E-state index is 12.3. The van der Waals surface area contributed by atoms with E-state index < -0.39 is 15.9 Å². The van der Waals surface area contributed by atoms with E-state index in [2.05, 4.69) is 4.72 Å². The topological polar surface area (TPSA) is 89.3 Å². The first-order chi connectivity index (χ1) is 9.79. The fraction of sp³-hybridized carbons (Fsp3) is 0. The first kappa shape index (κ1) is 15.6. The van der Waals surface area contributed by atoms with Gasteiger partial charge < -0.3 is 5.73 Å². The smallest absolute Gasteiger partial charge is 0.263 e. The summed E-state index contributed by atoms with van der Waals surface area (Å²) in [7, 11) is -3.95. The van der Waals surface area contributed by atoms with Crippen LogP contribution in [-0.2, 0) is 10.0 Å². The molecule has 0 bridgehead atoms. The summed E-state index contributed by atoms with van der Waals surface area (Å²) in [5.74, 6) is -0.741. The Morgan fingerprint density at radius 1 is 1.05 bits per heavy atom. The van der Waals surface area contributed by atoms with Crippen LogP contribution in [0.25, 0.3) is 0 Å². The summed E-state index contributed by atoms with van der Waals surface area (Å²) in [5.41, 5.74) is 5.50. The fourth-order valence-corrected chi connectivity index (χ4v) is 3.30. The molecule has 110 valence electrons. The standard InChI is InChI=1S/C13H10Cl2N2O3S/c14-9-2-4-10(5-3-9)17-21(19,20)12-7-8(13(16)18)1-6-11(12)15/h1-7,17H,(H2,16,18). The highest BCUT2D eigenvalue weighted by atomic mass is 35.5. The van der Waals surface area contributed by atoms with Gasteiger partial charge in [-0.15, -0.1) is 0 Å². The summed E-state index contributed by atoms with van der Waals surface area (Å²) in [5, 5.41) is 0.466. The van der Waals surface area contributed by atoms with Gasteiger partial charge in [-0.25, -0.2) is 8.42 Å². The number of carbonyl (C=O) groups is 1. The molecule has 0 aliphatic carbocycles. The van der Waals surface area contributed by atoms with Crippen LogP contribution >= 0.6 is 23.2 Å². The van der Waals surface area contributed by atoms with Crippen molar-refractivity contribution in [3.63, 3.8) is 0 Å². The van der Waals surface area contributed by atoms with E-state index in [1.54, 1.807) is 12.1 Å². The summed E-state index contributed by atoms with van der Waals surface area (Å²) < 4.78 is 26.9. The van der Waals surface area contributed by atoms with Crippen molar-refractivity contribution in [3.05, 3.63) is 58.1 Å². The highest BCUT2D eigenvalue weighted by Gasteiger charge is 2.19. The van der Waals surface area contributed by atoms with Crippen LogP contribution in [0, 0.1) is 0 Å². The first-order valence-corrected chi connectivity index (χ1v) is 7.91. The Morgan fingerprint density at radius 3 is 2.24 bits per heavy atom. The van der Waals surface area contributed by atoms with E-state index in [9.17, 15) is 13.2 Å². The molecule has 0 atom stereocenters. The van der Waals surface area contributed by atoms with Gasteiger partial charge in [0.15, 0.2) is 0 Å². The molecular weight excluding hydrogens is 335 g/mol. The summed E-state index contributed by atoms with van der Waals surface area (Å²) >= 11 is 11.6. The van der Waals surface area contributed by atoms with Crippen LogP contribution in [0.5, 0.6) is 0 Å². The number of hydrogen-bond acceptors (Lipinski definition) is 3. The predicted octanol–water partition coefficient (Wildman–Crippen LogP) is 2.89. The molecule has 0 unspecified atom stereocenters. The molecule has 5 nitrogen and oxygen atoms in total. The molecule has 0 aliphatic heterocycles. The number of benzene rings is 2. The molecule has 0 saturated heterocycles. The van der Waals surface area contributed by atoms with Gasteiger partial charge in [-0.1, -0.05) is 23.2 Å². The molecule has 2 aromatic rings. The van der Waals surface area contributed by atoms with Gasteiger partial charge in [0.25, 0.3) is 10.0 Å². The molecule has 21 heavy (non-hydrogen) atoms. The average molecular weight is 345 g/mol. The zero-order valence-corrected chi connectivity index (χ0v) is 12.8. The van der Waals surface area contributed by atoms with Crippen LogP contribution < -0.4 is 10.5 Å². The molecule has 8 heteroatoms. The summed E-state index contributed by atoms with van der Waals surface area (Å²) in [6.07, 6.45) is 0. The third kappa shape index (κ3) is 3.66. The average Bonchev–Trinajstić information content (AvgIpc) is 2.41. The van der Waals surface area contributed by atoms with Crippen LogP contribution in [0.3, 0.4) is 0 Å². The number of hydrogen-bond donors (Lipinski definition) is 2. The van der Waals surface area contributed by atoms with Crippen molar-refractivity contribution in [2.45, 2.75) is 4.90 Å². The monoisotopic (exact) mass is 344 g/mol. The van der Waals surface area contributed by atoms with Crippen molar-refractivity contribution in [1.29, 1.82) is 0 Å². The van der Waals surface area contributed by atoms with Crippen LogP contribution in [0.4, 0.5) is 5.69 Å². The molecule has 1 amide bonds. The lowest BCUT2D eigenvalue weighted by atomic mass is 10.2. The van der Waals surface area contributed by atoms with Crippen molar-refractivity contribution < 1.29 is 13.2 Å². The zero-order valence-electron chi connectivity index (χ0n) is 10.5. The van der Waals surface area contributed by atoms with E-state index in [0.29, 0.717) is 10.7 Å². The minimum Gasteiger partial charge on any atom is -0.366 e.